The molecule has 0 saturated carbocycles. The van der Waals surface area contributed by atoms with E-state index in [9.17, 15) is 9.59 Å². The Hall–Kier alpha value is -1.79. The summed E-state index contributed by atoms with van der Waals surface area (Å²) in [6.45, 7) is 2.24. The average molecular weight is 375 g/mol. The number of carbonyl (C=O) groups is 2. The van der Waals surface area contributed by atoms with Crippen LogP contribution in [-0.2, 0) is 17.6 Å². The molecular weight excluding hydrogens is 352 g/mol. The quantitative estimate of drug-likeness (QED) is 0.618. The van der Waals surface area contributed by atoms with E-state index >= 15 is 0 Å². The molecular formula is C19H22N2O2S2. The SMILES string of the molecule is C[C@@H]1CCc2sc(C(=O)NNC(=O)CCSc3ccccc3)cc2C1. The Morgan fingerprint density at radius 1 is 1.24 bits per heavy atom. The monoisotopic (exact) mass is 374 g/mol. The van der Waals surface area contributed by atoms with Crippen LogP contribution in [0.4, 0.5) is 0 Å². The molecule has 2 amide bonds. The zero-order valence-electron chi connectivity index (χ0n) is 14.2. The Kier molecular flexibility index (Phi) is 6.15. The van der Waals surface area contributed by atoms with Crippen molar-refractivity contribution in [2.45, 2.75) is 37.5 Å². The van der Waals surface area contributed by atoms with Crippen molar-refractivity contribution in [3.05, 3.63) is 51.7 Å². The van der Waals surface area contributed by atoms with E-state index in [0.29, 0.717) is 23.0 Å². The van der Waals surface area contributed by atoms with Crippen LogP contribution in [0.25, 0.3) is 0 Å². The number of thioether (sulfide) groups is 1. The van der Waals surface area contributed by atoms with Gasteiger partial charge in [-0.15, -0.1) is 23.1 Å². The minimum absolute atomic E-state index is 0.174. The molecule has 1 heterocycles. The molecule has 1 aliphatic carbocycles. The van der Waals surface area contributed by atoms with Crippen molar-refractivity contribution in [3.63, 3.8) is 0 Å². The second-order valence-corrected chi connectivity index (χ2v) is 8.63. The van der Waals surface area contributed by atoms with Gasteiger partial charge in [0, 0.05) is 21.9 Å². The van der Waals surface area contributed by atoms with Gasteiger partial charge in [-0.2, -0.15) is 0 Å². The minimum atomic E-state index is -0.226. The number of nitrogens with one attached hydrogen (secondary N) is 2. The standard InChI is InChI=1S/C19H22N2O2S2/c1-13-7-8-16-14(11-13)12-17(25-16)19(23)21-20-18(22)9-10-24-15-5-3-2-4-6-15/h2-6,12-13H,7-11H2,1H3,(H,20,22)(H,21,23)/t13-/m1/s1. The fourth-order valence-corrected chi connectivity index (χ4v) is 4.82. The van der Waals surface area contributed by atoms with Gasteiger partial charge in [-0.1, -0.05) is 25.1 Å². The highest BCUT2D eigenvalue weighted by atomic mass is 32.2. The number of aryl methyl sites for hydroxylation is 1. The first kappa shape index (κ1) is 18.0. The fourth-order valence-electron chi connectivity index (χ4n) is 2.85. The molecule has 25 heavy (non-hydrogen) atoms. The number of carbonyl (C=O) groups excluding carboxylic acids is 2. The Bertz CT molecular complexity index is 743. The first-order valence-corrected chi connectivity index (χ1v) is 10.3. The Balaban J connectivity index is 1.42. The van der Waals surface area contributed by atoms with Crippen LogP contribution >= 0.6 is 23.1 Å². The van der Waals surface area contributed by atoms with Gasteiger partial charge in [0.2, 0.25) is 5.91 Å². The predicted octanol–water partition coefficient (Wildman–Crippen LogP) is 3.82. The first-order chi connectivity index (χ1) is 12.1. The number of benzene rings is 1. The number of thiophene rings is 1. The summed E-state index contributed by atoms with van der Waals surface area (Å²) in [6.07, 6.45) is 3.64. The molecule has 0 saturated heterocycles. The maximum absolute atomic E-state index is 12.2. The van der Waals surface area contributed by atoms with E-state index in [2.05, 4.69) is 17.8 Å². The van der Waals surface area contributed by atoms with Crippen LogP contribution in [-0.4, -0.2) is 17.6 Å². The Morgan fingerprint density at radius 3 is 2.84 bits per heavy atom. The first-order valence-electron chi connectivity index (χ1n) is 8.50. The van der Waals surface area contributed by atoms with E-state index in [-0.39, 0.29) is 11.8 Å². The molecule has 1 aromatic carbocycles. The molecule has 0 unspecified atom stereocenters. The molecule has 2 aromatic rings. The maximum atomic E-state index is 12.2. The molecule has 0 spiro atoms. The summed E-state index contributed by atoms with van der Waals surface area (Å²) in [6, 6.07) is 11.9. The highest BCUT2D eigenvalue weighted by molar-refractivity contribution is 7.99. The number of hydrogen-bond acceptors (Lipinski definition) is 4. The molecule has 0 bridgehead atoms. The lowest BCUT2D eigenvalue weighted by Crippen LogP contribution is -2.41. The normalized spacial score (nSPS) is 16.1. The molecule has 1 aliphatic rings. The predicted molar refractivity (Wildman–Crippen MR) is 103 cm³/mol. The lowest BCUT2D eigenvalue weighted by molar-refractivity contribution is -0.121. The van der Waals surface area contributed by atoms with Crippen LogP contribution in [0.2, 0.25) is 0 Å². The molecule has 2 N–H and O–H groups in total. The summed E-state index contributed by atoms with van der Waals surface area (Å²) >= 11 is 3.17. The van der Waals surface area contributed by atoms with Crippen molar-refractivity contribution in [2.24, 2.45) is 5.92 Å². The van der Waals surface area contributed by atoms with Crippen molar-refractivity contribution in [3.8, 4) is 0 Å². The number of fused-ring (bicyclic) bond motifs is 1. The molecule has 1 atom stereocenters. The van der Waals surface area contributed by atoms with Gasteiger partial charge in [-0.25, -0.2) is 0 Å². The largest absolute Gasteiger partial charge is 0.279 e. The van der Waals surface area contributed by atoms with Gasteiger partial charge >= 0.3 is 0 Å². The molecule has 132 valence electrons. The van der Waals surface area contributed by atoms with Crippen molar-refractivity contribution in [2.75, 3.05) is 5.75 Å². The van der Waals surface area contributed by atoms with Crippen LogP contribution in [0.15, 0.2) is 41.3 Å². The van der Waals surface area contributed by atoms with Crippen molar-refractivity contribution in [1.29, 1.82) is 0 Å². The zero-order valence-corrected chi connectivity index (χ0v) is 15.8. The third-order valence-electron chi connectivity index (χ3n) is 4.21. The highest BCUT2D eigenvalue weighted by Crippen LogP contribution is 2.32. The molecule has 0 aliphatic heterocycles. The van der Waals surface area contributed by atoms with E-state index in [0.717, 1.165) is 17.7 Å². The van der Waals surface area contributed by atoms with E-state index < -0.39 is 0 Å². The van der Waals surface area contributed by atoms with Crippen LogP contribution in [0, 0.1) is 5.92 Å². The van der Waals surface area contributed by atoms with E-state index in [1.165, 1.54) is 16.9 Å². The molecule has 3 rings (SSSR count). The molecule has 0 radical (unpaired) electrons. The lowest BCUT2D eigenvalue weighted by atomic mass is 9.90. The van der Waals surface area contributed by atoms with Crippen LogP contribution < -0.4 is 10.9 Å². The number of rotatable bonds is 5. The highest BCUT2D eigenvalue weighted by Gasteiger charge is 2.20. The summed E-state index contributed by atoms with van der Waals surface area (Å²) < 4.78 is 0. The third-order valence-corrected chi connectivity index (χ3v) is 6.46. The molecule has 0 fully saturated rings. The third kappa shape index (κ3) is 5.09. The average Bonchev–Trinajstić information content (AvgIpc) is 3.04. The van der Waals surface area contributed by atoms with Gasteiger partial charge in [-0.3, -0.25) is 20.4 Å². The minimum Gasteiger partial charge on any atom is -0.273 e. The van der Waals surface area contributed by atoms with E-state index in [1.54, 1.807) is 23.1 Å². The molecule has 1 aromatic heterocycles. The summed E-state index contributed by atoms with van der Waals surface area (Å²) in [7, 11) is 0. The number of hydrazine groups is 1. The van der Waals surface area contributed by atoms with E-state index in [4.69, 9.17) is 0 Å². The second-order valence-electron chi connectivity index (χ2n) is 6.32. The number of amides is 2. The van der Waals surface area contributed by atoms with Gasteiger partial charge in [-0.05, 0) is 48.9 Å². The lowest BCUT2D eigenvalue weighted by Gasteiger charge is -2.16. The van der Waals surface area contributed by atoms with Crippen molar-refractivity contribution >= 4 is 34.9 Å². The maximum Gasteiger partial charge on any atom is 0.279 e. The molecule has 4 nitrogen and oxygen atoms in total. The van der Waals surface area contributed by atoms with Crippen molar-refractivity contribution < 1.29 is 9.59 Å². The van der Waals surface area contributed by atoms with Crippen molar-refractivity contribution in [1.82, 2.24) is 10.9 Å². The van der Waals surface area contributed by atoms with Gasteiger partial charge in [0.25, 0.3) is 5.91 Å². The summed E-state index contributed by atoms with van der Waals surface area (Å²) in [5.41, 5.74) is 6.33. The fraction of sp³-hybridized carbons (Fsp3) is 0.368. The Labute approximate surface area is 156 Å². The number of hydrogen-bond donors (Lipinski definition) is 2. The summed E-state index contributed by atoms with van der Waals surface area (Å²) in [4.78, 5) is 27.2. The zero-order chi connectivity index (χ0) is 17.6. The van der Waals surface area contributed by atoms with Gasteiger partial charge in [0.05, 0.1) is 4.88 Å². The van der Waals surface area contributed by atoms with Gasteiger partial charge < -0.3 is 0 Å². The van der Waals surface area contributed by atoms with Gasteiger partial charge in [0.15, 0.2) is 0 Å². The van der Waals surface area contributed by atoms with Crippen LogP contribution in [0.5, 0.6) is 0 Å². The topological polar surface area (TPSA) is 58.2 Å². The van der Waals surface area contributed by atoms with Crippen LogP contribution in [0.3, 0.4) is 0 Å². The molecule has 6 heteroatoms. The summed E-state index contributed by atoms with van der Waals surface area (Å²) in [5.74, 6) is 0.958. The Morgan fingerprint density at radius 2 is 2.04 bits per heavy atom. The smallest absolute Gasteiger partial charge is 0.273 e. The van der Waals surface area contributed by atoms with Gasteiger partial charge in [0.1, 0.15) is 0 Å². The second kappa shape index (κ2) is 8.54. The van der Waals surface area contributed by atoms with E-state index in [1.807, 2.05) is 36.4 Å². The van der Waals surface area contributed by atoms with Crippen LogP contribution in [0.1, 0.15) is 39.9 Å². The summed E-state index contributed by atoms with van der Waals surface area (Å²) in [5, 5.41) is 0.